The molecule has 0 aromatic carbocycles. The Hall–Kier alpha value is -0.280. The molecule has 0 bridgehead atoms. The second kappa shape index (κ2) is 6.60. The van der Waals surface area contributed by atoms with Crippen molar-refractivity contribution in [2.45, 2.75) is 49.5 Å². The Kier molecular flexibility index (Phi) is 5.74. The summed E-state index contributed by atoms with van der Waals surface area (Å²) in [5, 5.41) is 55.4. The zero-order valence-electron chi connectivity index (χ0n) is 9.38. The Balaban J connectivity index is 2.53. The van der Waals surface area contributed by atoms with E-state index in [9.17, 15) is 15.3 Å². The van der Waals surface area contributed by atoms with Crippen molar-refractivity contribution in [1.29, 1.82) is 0 Å². The SMILES string of the molecule is OCC(O)CC[C@@H]1O[C@H](CO)[C@@H](O)[C@H](O)[C@H]1O. The third-order valence-corrected chi connectivity index (χ3v) is 2.99. The van der Waals surface area contributed by atoms with Gasteiger partial charge in [-0.1, -0.05) is 0 Å². The average Bonchev–Trinajstić information content (AvgIpc) is 2.34. The van der Waals surface area contributed by atoms with Crippen LogP contribution >= 0.6 is 0 Å². The predicted octanol–water partition coefficient (Wildman–Crippen LogP) is -3.04. The molecule has 0 amide bonds. The van der Waals surface area contributed by atoms with Crippen molar-refractivity contribution >= 4 is 0 Å². The summed E-state index contributed by atoms with van der Waals surface area (Å²) >= 11 is 0. The zero-order valence-corrected chi connectivity index (χ0v) is 9.38. The van der Waals surface area contributed by atoms with Crippen LogP contribution in [0.5, 0.6) is 0 Å². The van der Waals surface area contributed by atoms with Gasteiger partial charge in [-0.2, -0.15) is 0 Å². The fourth-order valence-electron chi connectivity index (χ4n) is 1.87. The van der Waals surface area contributed by atoms with Crippen LogP contribution < -0.4 is 0 Å². The van der Waals surface area contributed by atoms with Gasteiger partial charge in [0.1, 0.15) is 24.4 Å². The Morgan fingerprint density at radius 1 is 0.941 bits per heavy atom. The smallest absolute Gasteiger partial charge is 0.111 e. The molecular formula is C10H20O7. The molecule has 0 aromatic heterocycles. The quantitative estimate of drug-likeness (QED) is 0.307. The van der Waals surface area contributed by atoms with Crippen LogP contribution in [0.3, 0.4) is 0 Å². The number of hydrogen-bond donors (Lipinski definition) is 6. The zero-order chi connectivity index (χ0) is 13.0. The van der Waals surface area contributed by atoms with Gasteiger partial charge < -0.3 is 35.4 Å². The predicted molar refractivity (Wildman–Crippen MR) is 56.1 cm³/mol. The number of aliphatic hydroxyl groups is 6. The van der Waals surface area contributed by atoms with E-state index in [1.165, 1.54) is 0 Å². The van der Waals surface area contributed by atoms with E-state index in [0.717, 1.165) is 0 Å². The van der Waals surface area contributed by atoms with Gasteiger partial charge in [-0.15, -0.1) is 0 Å². The maximum absolute atomic E-state index is 9.65. The van der Waals surface area contributed by atoms with Crippen molar-refractivity contribution < 1.29 is 35.4 Å². The maximum Gasteiger partial charge on any atom is 0.111 e. The normalized spacial score (nSPS) is 40.2. The van der Waals surface area contributed by atoms with Gasteiger partial charge in [0.2, 0.25) is 0 Å². The fourth-order valence-corrected chi connectivity index (χ4v) is 1.87. The Bertz CT molecular complexity index is 223. The molecule has 6 atom stereocenters. The summed E-state index contributed by atoms with van der Waals surface area (Å²) < 4.78 is 5.22. The summed E-state index contributed by atoms with van der Waals surface area (Å²) in [4.78, 5) is 0. The molecule has 1 rings (SSSR count). The molecule has 0 aromatic rings. The lowest BCUT2D eigenvalue weighted by atomic mass is 9.92. The van der Waals surface area contributed by atoms with E-state index in [1.807, 2.05) is 0 Å². The van der Waals surface area contributed by atoms with Crippen molar-refractivity contribution in [3.8, 4) is 0 Å². The van der Waals surface area contributed by atoms with E-state index in [1.54, 1.807) is 0 Å². The minimum atomic E-state index is -1.39. The van der Waals surface area contributed by atoms with E-state index in [4.69, 9.17) is 20.1 Å². The fraction of sp³-hybridized carbons (Fsp3) is 1.00. The van der Waals surface area contributed by atoms with Crippen LogP contribution in [0.15, 0.2) is 0 Å². The molecular weight excluding hydrogens is 232 g/mol. The molecule has 1 unspecified atom stereocenters. The monoisotopic (exact) mass is 252 g/mol. The molecule has 17 heavy (non-hydrogen) atoms. The lowest BCUT2D eigenvalue weighted by Gasteiger charge is -2.40. The van der Waals surface area contributed by atoms with Crippen LogP contribution in [0, 0.1) is 0 Å². The van der Waals surface area contributed by atoms with Crippen LogP contribution in [0.25, 0.3) is 0 Å². The van der Waals surface area contributed by atoms with Gasteiger partial charge in [-0.05, 0) is 12.8 Å². The largest absolute Gasteiger partial charge is 0.394 e. The first kappa shape index (κ1) is 14.8. The van der Waals surface area contributed by atoms with Gasteiger partial charge in [0, 0.05) is 0 Å². The van der Waals surface area contributed by atoms with Gasteiger partial charge in [-0.3, -0.25) is 0 Å². The van der Waals surface area contributed by atoms with Crippen LogP contribution in [0.4, 0.5) is 0 Å². The van der Waals surface area contributed by atoms with Crippen LogP contribution in [0.2, 0.25) is 0 Å². The molecule has 0 aliphatic carbocycles. The van der Waals surface area contributed by atoms with Crippen LogP contribution in [-0.2, 0) is 4.74 Å². The highest BCUT2D eigenvalue weighted by Crippen LogP contribution is 2.24. The van der Waals surface area contributed by atoms with Gasteiger partial charge >= 0.3 is 0 Å². The molecule has 0 radical (unpaired) electrons. The molecule has 0 spiro atoms. The van der Waals surface area contributed by atoms with Crippen LogP contribution in [-0.4, -0.2) is 80.5 Å². The summed E-state index contributed by atoms with van der Waals surface area (Å²) in [5.74, 6) is 0. The number of rotatable bonds is 5. The summed E-state index contributed by atoms with van der Waals surface area (Å²) in [5.41, 5.74) is 0. The first-order valence-electron chi connectivity index (χ1n) is 5.60. The summed E-state index contributed by atoms with van der Waals surface area (Å²) in [6.45, 7) is -0.860. The number of hydrogen-bond acceptors (Lipinski definition) is 7. The standard InChI is InChI=1S/C10H20O7/c11-3-5(13)1-2-6-8(14)10(16)9(15)7(4-12)17-6/h5-16H,1-4H2/t5?,6-,7+,8-,9+,10+/m0/s1. The first-order chi connectivity index (χ1) is 8.01. The third kappa shape index (κ3) is 3.59. The molecule has 0 saturated carbocycles. The molecule has 7 nitrogen and oxygen atoms in total. The van der Waals surface area contributed by atoms with E-state index in [-0.39, 0.29) is 12.8 Å². The van der Waals surface area contributed by atoms with Crippen LogP contribution in [0.1, 0.15) is 12.8 Å². The van der Waals surface area contributed by atoms with E-state index in [2.05, 4.69) is 0 Å². The molecule has 102 valence electrons. The molecule has 1 fully saturated rings. The highest BCUT2D eigenvalue weighted by Gasteiger charge is 2.42. The second-order valence-electron chi connectivity index (χ2n) is 4.28. The molecule has 7 heteroatoms. The van der Waals surface area contributed by atoms with Crippen molar-refractivity contribution in [3.63, 3.8) is 0 Å². The molecule has 1 aliphatic heterocycles. The Labute approximate surface area is 98.9 Å². The lowest BCUT2D eigenvalue weighted by Crippen LogP contribution is -2.58. The van der Waals surface area contributed by atoms with Gasteiger partial charge in [-0.25, -0.2) is 0 Å². The highest BCUT2D eigenvalue weighted by atomic mass is 16.5. The summed E-state index contributed by atoms with van der Waals surface area (Å²) in [7, 11) is 0. The first-order valence-corrected chi connectivity index (χ1v) is 5.60. The van der Waals surface area contributed by atoms with Gasteiger partial charge in [0.05, 0.1) is 25.4 Å². The van der Waals surface area contributed by atoms with Gasteiger partial charge in [0.15, 0.2) is 0 Å². The number of ether oxygens (including phenoxy) is 1. The topological polar surface area (TPSA) is 131 Å². The number of aliphatic hydroxyl groups excluding tert-OH is 6. The lowest BCUT2D eigenvalue weighted by molar-refractivity contribution is -0.231. The molecule has 1 saturated heterocycles. The maximum atomic E-state index is 9.65. The summed E-state index contributed by atoms with van der Waals surface area (Å²) in [6, 6.07) is 0. The molecule has 1 heterocycles. The summed E-state index contributed by atoms with van der Waals surface area (Å²) in [6.07, 6.45) is -6.26. The van der Waals surface area contributed by atoms with E-state index >= 15 is 0 Å². The third-order valence-electron chi connectivity index (χ3n) is 2.99. The van der Waals surface area contributed by atoms with Gasteiger partial charge in [0.25, 0.3) is 0 Å². The Morgan fingerprint density at radius 2 is 1.53 bits per heavy atom. The van der Waals surface area contributed by atoms with E-state index < -0.39 is 49.8 Å². The highest BCUT2D eigenvalue weighted by molar-refractivity contribution is 4.91. The average molecular weight is 252 g/mol. The second-order valence-corrected chi connectivity index (χ2v) is 4.28. The minimum Gasteiger partial charge on any atom is -0.394 e. The minimum absolute atomic E-state index is 0.194. The molecule has 6 N–H and O–H groups in total. The van der Waals surface area contributed by atoms with Crippen molar-refractivity contribution in [3.05, 3.63) is 0 Å². The Morgan fingerprint density at radius 3 is 2.06 bits per heavy atom. The van der Waals surface area contributed by atoms with E-state index in [0.29, 0.717) is 0 Å². The molecule has 1 aliphatic rings. The van der Waals surface area contributed by atoms with Crippen molar-refractivity contribution in [2.24, 2.45) is 0 Å². The van der Waals surface area contributed by atoms with Crippen molar-refractivity contribution in [2.75, 3.05) is 13.2 Å². The van der Waals surface area contributed by atoms with Crippen molar-refractivity contribution in [1.82, 2.24) is 0 Å².